The summed E-state index contributed by atoms with van der Waals surface area (Å²) >= 11 is 0. The summed E-state index contributed by atoms with van der Waals surface area (Å²) in [6.45, 7) is 3.48. The summed E-state index contributed by atoms with van der Waals surface area (Å²) < 4.78 is 10.9. The molecule has 0 spiro atoms. The highest BCUT2D eigenvalue weighted by molar-refractivity contribution is 6.39. The Labute approximate surface area is 213 Å². The van der Waals surface area contributed by atoms with E-state index in [0.717, 1.165) is 0 Å². The molecule has 0 bridgehead atoms. The van der Waals surface area contributed by atoms with Crippen molar-refractivity contribution in [3.05, 3.63) is 101 Å². The number of nitrogens with one attached hydrogen (secondary N) is 2. The van der Waals surface area contributed by atoms with Crippen LogP contribution in [-0.2, 0) is 30.5 Å². The quantitative estimate of drug-likeness (QED) is 0.290. The highest BCUT2D eigenvalue weighted by Gasteiger charge is 2.38. The number of nitrogens with zero attached hydrogens (tertiary/aromatic N) is 1. The summed E-state index contributed by atoms with van der Waals surface area (Å²) in [7, 11) is 0. The van der Waals surface area contributed by atoms with Gasteiger partial charge in [-0.25, -0.2) is 4.79 Å². The van der Waals surface area contributed by atoms with Gasteiger partial charge < -0.3 is 19.8 Å². The van der Waals surface area contributed by atoms with Crippen molar-refractivity contribution in [1.82, 2.24) is 5.32 Å². The molecule has 0 aliphatic carbocycles. The molecule has 4 rings (SSSR count). The van der Waals surface area contributed by atoms with Crippen molar-refractivity contribution in [3.8, 4) is 0 Å². The topological polar surface area (TPSA) is 118 Å². The zero-order chi connectivity index (χ0) is 26.4. The average Bonchev–Trinajstić information content (AvgIpc) is 3.45. The van der Waals surface area contributed by atoms with E-state index in [9.17, 15) is 19.2 Å². The molecule has 0 unspecified atom stereocenters. The molecule has 0 saturated heterocycles. The van der Waals surface area contributed by atoms with Crippen LogP contribution in [0.1, 0.15) is 25.4 Å². The Kier molecular flexibility index (Phi) is 7.63. The lowest BCUT2D eigenvalue weighted by Gasteiger charge is -2.17. The first-order chi connectivity index (χ1) is 17.9. The average molecular weight is 500 g/mol. The monoisotopic (exact) mass is 499 g/mol. The van der Waals surface area contributed by atoms with Crippen LogP contribution < -0.4 is 15.5 Å². The highest BCUT2D eigenvalue weighted by atomic mass is 16.5. The van der Waals surface area contributed by atoms with E-state index in [-0.39, 0.29) is 24.3 Å². The Hall–Kier alpha value is -4.92. The number of benzene rings is 2. The zero-order valence-corrected chi connectivity index (χ0v) is 20.3. The predicted octanol–water partition coefficient (Wildman–Crippen LogP) is 3.80. The number of para-hydroxylation sites is 2. The third kappa shape index (κ3) is 5.67. The van der Waals surface area contributed by atoms with Gasteiger partial charge >= 0.3 is 17.8 Å². The molecule has 1 aliphatic heterocycles. The van der Waals surface area contributed by atoms with Gasteiger partial charge in [-0.3, -0.25) is 19.3 Å². The fraction of sp³-hybridized carbons (Fsp3) is 0.143. The van der Waals surface area contributed by atoms with Crippen LogP contribution in [0.4, 0.5) is 11.4 Å². The molecule has 0 radical (unpaired) electrons. The number of ether oxygens (including phenoxy) is 1. The first kappa shape index (κ1) is 25.2. The third-order valence-corrected chi connectivity index (χ3v) is 5.52. The molecule has 0 saturated carbocycles. The predicted molar refractivity (Wildman–Crippen MR) is 137 cm³/mol. The van der Waals surface area contributed by atoms with Gasteiger partial charge in [-0.2, -0.15) is 0 Å². The van der Waals surface area contributed by atoms with E-state index in [2.05, 4.69) is 10.6 Å². The van der Waals surface area contributed by atoms with Crippen molar-refractivity contribution >= 4 is 41.1 Å². The minimum absolute atomic E-state index is 0.0477. The zero-order valence-electron chi connectivity index (χ0n) is 20.3. The van der Waals surface area contributed by atoms with Gasteiger partial charge in [-0.1, -0.05) is 36.4 Å². The summed E-state index contributed by atoms with van der Waals surface area (Å²) in [5.41, 5.74) is 1.85. The summed E-state index contributed by atoms with van der Waals surface area (Å²) in [4.78, 5) is 51.8. The van der Waals surface area contributed by atoms with E-state index >= 15 is 0 Å². The molecule has 0 fully saturated rings. The van der Waals surface area contributed by atoms with E-state index in [1.54, 1.807) is 80.6 Å². The summed E-state index contributed by atoms with van der Waals surface area (Å²) in [5.74, 6) is -1.98. The minimum atomic E-state index is -0.826. The minimum Gasteiger partial charge on any atom is -0.462 e. The molecule has 9 heteroatoms. The van der Waals surface area contributed by atoms with Gasteiger partial charge in [0.25, 0.3) is 5.91 Å². The Balaban J connectivity index is 1.50. The van der Waals surface area contributed by atoms with Crippen LogP contribution in [0.5, 0.6) is 0 Å². The summed E-state index contributed by atoms with van der Waals surface area (Å²) in [6.07, 6.45) is 1.47. The smallest absolute Gasteiger partial charge is 0.340 e. The molecule has 1 aliphatic rings. The lowest BCUT2D eigenvalue weighted by atomic mass is 10.1. The van der Waals surface area contributed by atoms with Crippen LogP contribution >= 0.6 is 0 Å². The second kappa shape index (κ2) is 11.2. The van der Waals surface area contributed by atoms with E-state index in [0.29, 0.717) is 28.6 Å². The molecule has 1 aromatic heterocycles. The molecule has 2 aromatic carbocycles. The molecule has 37 heavy (non-hydrogen) atoms. The van der Waals surface area contributed by atoms with Crippen LogP contribution in [0.15, 0.2) is 94.1 Å². The van der Waals surface area contributed by atoms with E-state index in [1.807, 2.05) is 6.07 Å². The first-order valence-corrected chi connectivity index (χ1v) is 11.6. The maximum atomic E-state index is 13.4. The van der Waals surface area contributed by atoms with Crippen molar-refractivity contribution in [1.29, 1.82) is 0 Å². The molecular formula is C28H25N3O6. The molecular weight excluding hydrogens is 474 g/mol. The van der Waals surface area contributed by atoms with Gasteiger partial charge in [0.2, 0.25) is 0 Å². The fourth-order valence-corrected chi connectivity index (χ4v) is 3.84. The Morgan fingerprint density at radius 2 is 1.62 bits per heavy atom. The van der Waals surface area contributed by atoms with Crippen molar-refractivity contribution < 1.29 is 28.3 Å². The molecule has 3 amide bonds. The van der Waals surface area contributed by atoms with E-state index in [1.165, 1.54) is 11.0 Å². The summed E-state index contributed by atoms with van der Waals surface area (Å²) in [6, 6.07) is 20.8. The van der Waals surface area contributed by atoms with Crippen molar-refractivity contribution in [2.75, 3.05) is 16.8 Å². The normalized spacial score (nSPS) is 14.2. The molecule has 188 valence electrons. The van der Waals surface area contributed by atoms with Crippen molar-refractivity contribution in [2.24, 2.45) is 0 Å². The van der Waals surface area contributed by atoms with E-state index in [4.69, 9.17) is 9.15 Å². The number of carbonyl (C=O) groups is 4. The van der Waals surface area contributed by atoms with Gasteiger partial charge in [-0.05, 0) is 56.3 Å². The van der Waals surface area contributed by atoms with Crippen LogP contribution in [0.3, 0.4) is 0 Å². The maximum absolute atomic E-state index is 13.4. The van der Waals surface area contributed by atoms with Crippen LogP contribution in [0, 0.1) is 0 Å². The van der Waals surface area contributed by atoms with Gasteiger partial charge in [0.1, 0.15) is 11.5 Å². The van der Waals surface area contributed by atoms with Gasteiger partial charge in [0, 0.05) is 17.1 Å². The van der Waals surface area contributed by atoms with E-state index < -0.39 is 23.7 Å². The lowest BCUT2D eigenvalue weighted by molar-refractivity contribution is -0.138. The standard InChI is InChI=1S/C28H25N3O6/c1-3-36-28(35)24-18(2)31(20-12-8-5-9-13-20)27(34)23(24)16-21-14-15-22(37-21)17-29-25(32)26(33)30-19-10-6-4-7-11-19/h4-16H,3,17H2,1-2H3,(H,29,32)(H,30,33)/b23-16-. The number of amides is 3. The lowest BCUT2D eigenvalue weighted by Crippen LogP contribution is -2.34. The number of hydrogen-bond acceptors (Lipinski definition) is 6. The van der Waals surface area contributed by atoms with Crippen LogP contribution in [0.2, 0.25) is 0 Å². The molecule has 2 heterocycles. The Bertz CT molecular complexity index is 1390. The number of rotatable bonds is 7. The molecule has 0 atom stereocenters. The molecule has 3 aromatic rings. The number of furan rings is 1. The van der Waals surface area contributed by atoms with Gasteiger partial charge in [-0.15, -0.1) is 0 Å². The van der Waals surface area contributed by atoms with Crippen molar-refractivity contribution in [3.63, 3.8) is 0 Å². The first-order valence-electron chi connectivity index (χ1n) is 11.6. The third-order valence-electron chi connectivity index (χ3n) is 5.52. The molecule has 2 N–H and O–H groups in total. The SMILES string of the molecule is CCOC(=O)C1=C(C)N(c2ccccc2)C(=O)/C1=C\c1ccc(CNC(=O)C(=O)Nc2ccccc2)o1. The molecule has 9 nitrogen and oxygen atoms in total. The number of esters is 1. The second-order valence-electron chi connectivity index (χ2n) is 8.02. The van der Waals surface area contributed by atoms with Crippen LogP contribution in [0.25, 0.3) is 6.08 Å². The van der Waals surface area contributed by atoms with Crippen molar-refractivity contribution in [2.45, 2.75) is 20.4 Å². The van der Waals surface area contributed by atoms with Crippen LogP contribution in [-0.4, -0.2) is 30.3 Å². The van der Waals surface area contributed by atoms with Gasteiger partial charge in [0.15, 0.2) is 0 Å². The number of anilines is 2. The second-order valence-corrected chi connectivity index (χ2v) is 8.02. The maximum Gasteiger partial charge on any atom is 0.340 e. The number of allylic oxidation sites excluding steroid dienone is 1. The number of hydrogen-bond donors (Lipinski definition) is 2. The highest BCUT2D eigenvalue weighted by Crippen LogP contribution is 2.35. The number of carbonyl (C=O) groups excluding carboxylic acids is 4. The summed E-state index contributed by atoms with van der Waals surface area (Å²) in [5, 5.41) is 4.99. The fourth-order valence-electron chi connectivity index (χ4n) is 3.84. The largest absolute Gasteiger partial charge is 0.462 e. The Morgan fingerprint density at radius 1 is 0.946 bits per heavy atom. The Morgan fingerprint density at radius 3 is 2.30 bits per heavy atom. The van der Waals surface area contributed by atoms with Gasteiger partial charge in [0.05, 0.1) is 24.3 Å².